The fourth-order valence-electron chi connectivity index (χ4n) is 3.47. The van der Waals surface area contributed by atoms with Crippen LogP contribution in [-0.2, 0) is 0 Å². The number of aliphatic imine (C=N–C) groups is 1. The van der Waals surface area contributed by atoms with Gasteiger partial charge in [0.15, 0.2) is 6.61 Å². The van der Waals surface area contributed by atoms with Crippen LogP contribution in [0.15, 0.2) is 82.2 Å². The van der Waals surface area contributed by atoms with Crippen LogP contribution in [0.5, 0.6) is 5.75 Å². The zero-order valence-corrected chi connectivity index (χ0v) is 18.4. The molecule has 160 valence electrons. The molecule has 0 fully saturated rings. The first-order valence-corrected chi connectivity index (χ1v) is 10.4. The standard InChI is InChI=1S/C28H21N3O2/c1-19-7-11-21(12-8-19)26-24(17-30)28(33-27(26)22-13-9-20(2)10-14-22)31-18-23-5-3-4-6-25(23)32-16-15-29/h3-14,18H,16H2,1-2H3. The Morgan fingerprint density at radius 1 is 0.879 bits per heavy atom. The first-order valence-electron chi connectivity index (χ1n) is 10.4. The molecule has 5 heteroatoms. The quantitative estimate of drug-likeness (QED) is 0.316. The number of furan rings is 1. The van der Waals surface area contributed by atoms with E-state index in [-0.39, 0.29) is 12.5 Å². The summed E-state index contributed by atoms with van der Waals surface area (Å²) in [5.41, 5.74) is 5.77. The Morgan fingerprint density at radius 2 is 1.52 bits per heavy atom. The zero-order chi connectivity index (χ0) is 23.2. The zero-order valence-electron chi connectivity index (χ0n) is 18.4. The van der Waals surface area contributed by atoms with Crippen LogP contribution in [-0.4, -0.2) is 12.8 Å². The molecule has 0 saturated heterocycles. The highest BCUT2D eigenvalue weighted by atomic mass is 16.5. The number of aryl methyl sites for hydroxylation is 2. The van der Waals surface area contributed by atoms with Gasteiger partial charge in [-0.2, -0.15) is 10.5 Å². The largest absolute Gasteiger partial charge is 0.478 e. The van der Waals surface area contributed by atoms with Crippen molar-refractivity contribution in [2.75, 3.05) is 6.61 Å². The Balaban J connectivity index is 1.85. The van der Waals surface area contributed by atoms with Gasteiger partial charge in [0.05, 0.1) is 0 Å². The smallest absolute Gasteiger partial charge is 0.238 e. The lowest BCUT2D eigenvalue weighted by Gasteiger charge is -2.05. The predicted octanol–water partition coefficient (Wildman–Crippen LogP) is 6.76. The number of hydrogen-bond donors (Lipinski definition) is 0. The third-order valence-electron chi connectivity index (χ3n) is 5.19. The third-order valence-corrected chi connectivity index (χ3v) is 5.19. The minimum Gasteiger partial charge on any atom is -0.478 e. The number of benzene rings is 3. The van der Waals surface area contributed by atoms with E-state index in [1.54, 1.807) is 12.3 Å². The van der Waals surface area contributed by atoms with E-state index in [1.165, 1.54) is 0 Å². The molecule has 0 aliphatic heterocycles. The molecule has 0 aliphatic rings. The molecule has 0 aliphatic carbocycles. The monoisotopic (exact) mass is 431 g/mol. The van der Waals surface area contributed by atoms with E-state index >= 15 is 0 Å². The first kappa shape index (κ1) is 21.6. The maximum Gasteiger partial charge on any atom is 0.238 e. The second-order valence-corrected chi connectivity index (χ2v) is 7.57. The molecule has 0 saturated carbocycles. The highest BCUT2D eigenvalue weighted by Gasteiger charge is 2.22. The van der Waals surface area contributed by atoms with Gasteiger partial charge in [-0.05, 0) is 31.5 Å². The van der Waals surface area contributed by atoms with Crippen molar-refractivity contribution in [2.24, 2.45) is 4.99 Å². The molecule has 0 radical (unpaired) electrons. The summed E-state index contributed by atoms with van der Waals surface area (Å²) < 4.78 is 11.6. The lowest BCUT2D eigenvalue weighted by Crippen LogP contribution is -1.96. The summed E-state index contributed by atoms with van der Waals surface area (Å²) in [7, 11) is 0. The number of rotatable bonds is 6. The summed E-state index contributed by atoms with van der Waals surface area (Å²) in [6, 6.07) is 27.5. The van der Waals surface area contributed by atoms with E-state index in [0.29, 0.717) is 28.2 Å². The summed E-state index contributed by atoms with van der Waals surface area (Å²) in [5.74, 6) is 1.35. The van der Waals surface area contributed by atoms with Crippen molar-refractivity contribution in [3.05, 3.63) is 95.1 Å². The predicted molar refractivity (Wildman–Crippen MR) is 129 cm³/mol. The van der Waals surface area contributed by atoms with Crippen LogP contribution in [0.3, 0.4) is 0 Å². The van der Waals surface area contributed by atoms with Gasteiger partial charge >= 0.3 is 0 Å². The molecular weight excluding hydrogens is 410 g/mol. The molecule has 1 heterocycles. The molecule has 33 heavy (non-hydrogen) atoms. The minimum absolute atomic E-state index is 0.0653. The van der Waals surface area contributed by atoms with E-state index < -0.39 is 0 Å². The molecule has 0 spiro atoms. The molecule has 1 aromatic heterocycles. The Hall–Kier alpha value is -4.61. The minimum atomic E-state index is -0.0653. The van der Waals surface area contributed by atoms with Crippen molar-refractivity contribution in [1.29, 1.82) is 10.5 Å². The van der Waals surface area contributed by atoms with Gasteiger partial charge in [0.1, 0.15) is 29.2 Å². The Kier molecular flexibility index (Phi) is 6.34. The summed E-state index contributed by atoms with van der Waals surface area (Å²) in [6.45, 7) is 3.98. The molecule has 0 N–H and O–H groups in total. The summed E-state index contributed by atoms with van der Waals surface area (Å²) in [6.07, 6.45) is 1.59. The van der Waals surface area contributed by atoms with Gasteiger partial charge in [0.25, 0.3) is 0 Å². The first-order chi connectivity index (χ1) is 16.1. The highest BCUT2D eigenvalue weighted by Crippen LogP contribution is 2.42. The van der Waals surface area contributed by atoms with E-state index in [0.717, 1.165) is 22.3 Å². The van der Waals surface area contributed by atoms with Crippen LogP contribution in [0.1, 0.15) is 22.3 Å². The van der Waals surface area contributed by atoms with Crippen molar-refractivity contribution < 1.29 is 9.15 Å². The molecule has 4 rings (SSSR count). The van der Waals surface area contributed by atoms with Crippen LogP contribution >= 0.6 is 0 Å². The van der Waals surface area contributed by atoms with E-state index in [9.17, 15) is 5.26 Å². The van der Waals surface area contributed by atoms with Crippen LogP contribution in [0.25, 0.3) is 22.5 Å². The lowest BCUT2D eigenvalue weighted by atomic mass is 9.97. The summed E-state index contributed by atoms with van der Waals surface area (Å²) in [5, 5.41) is 18.9. The van der Waals surface area contributed by atoms with E-state index in [4.69, 9.17) is 14.4 Å². The van der Waals surface area contributed by atoms with Gasteiger partial charge in [-0.15, -0.1) is 0 Å². The number of ether oxygens (including phenoxy) is 1. The van der Waals surface area contributed by atoms with Crippen molar-refractivity contribution in [3.8, 4) is 40.3 Å². The molecule has 5 nitrogen and oxygen atoms in total. The Morgan fingerprint density at radius 3 is 2.15 bits per heavy atom. The van der Waals surface area contributed by atoms with E-state index in [2.05, 4.69) is 11.1 Å². The molecule has 0 amide bonds. The van der Waals surface area contributed by atoms with Gasteiger partial charge < -0.3 is 9.15 Å². The molecule has 0 unspecified atom stereocenters. The van der Waals surface area contributed by atoms with Crippen molar-refractivity contribution in [3.63, 3.8) is 0 Å². The molecule has 0 atom stereocenters. The summed E-state index contributed by atoms with van der Waals surface area (Å²) in [4.78, 5) is 4.51. The lowest BCUT2D eigenvalue weighted by molar-refractivity contribution is 0.367. The fourth-order valence-corrected chi connectivity index (χ4v) is 3.47. The van der Waals surface area contributed by atoms with Crippen molar-refractivity contribution in [1.82, 2.24) is 0 Å². The van der Waals surface area contributed by atoms with Crippen LogP contribution < -0.4 is 4.74 Å². The molecular formula is C28H21N3O2. The molecule has 3 aromatic carbocycles. The van der Waals surface area contributed by atoms with Crippen LogP contribution in [0, 0.1) is 36.5 Å². The number of nitriles is 2. The Labute approximate surface area is 192 Å². The van der Waals surface area contributed by atoms with Gasteiger partial charge in [0, 0.05) is 22.9 Å². The van der Waals surface area contributed by atoms with Crippen LogP contribution in [0.4, 0.5) is 5.88 Å². The number of hydrogen-bond acceptors (Lipinski definition) is 5. The van der Waals surface area contributed by atoms with Crippen LogP contribution in [0.2, 0.25) is 0 Å². The Bertz CT molecular complexity index is 1380. The average molecular weight is 431 g/mol. The maximum atomic E-state index is 10.0. The fraction of sp³-hybridized carbons (Fsp3) is 0.107. The van der Waals surface area contributed by atoms with Gasteiger partial charge in [-0.1, -0.05) is 71.8 Å². The number of nitrogens with zero attached hydrogens (tertiary/aromatic N) is 3. The van der Waals surface area contributed by atoms with E-state index in [1.807, 2.05) is 86.6 Å². The topological polar surface area (TPSA) is 82.3 Å². The van der Waals surface area contributed by atoms with Gasteiger partial charge in [0.2, 0.25) is 5.88 Å². The number of para-hydroxylation sites is 1. The average Bonchev–Trinajstić information content (AvgIpc) is 3.21. The van der Waals surface area contributed by atoms with Gasteiger partial charge in [-0.3, -0.25) is 0 Å². The SMILES string of the molecule is Cc1ccc(-c2oc(N=Cc3ccccc3OCC#N)c(C#N)c2-c2ccc(C)cc2)cc1. The second kappa shape index (κ2) is 9.68. The maximum absolute atomic E-state index is 10.0. The third kappa shape index (κ3) is 4.69. The van der Waals surface area contributed by atoms with Crippen molar-refractivity contribution >= 4 is 12.1 Å². The van der Waals surface area contributed by atoms with Gasteiger partial charge in [-0.25, -0.2) is 4.99 Å². The molecule has 0 bridgehead atoms. The van der Waals surface area contributed by atoms with Crippen molar-refractivity contribution in [2.45, 2.75) is 13.8 Å². The normalized spacial score (nSPS) is 10.7. The summed E-state index contributed by atoms with van der Waals surface area (Å²) >= 11 is 0. The highest BCUT2D eigenvalue weighted by molar-refractivity contribution is 5.90. The second-order valence-electron chi connectivity index (χ2n) is 7.57. The molecule has 4 aromatic rings.